The van der Waals surface area contributed by atoms with Crippen molar-refractivity contribution >= 4 is 61.7 Å². The zero-order chi connectivity index (χ0) is 13.1. The van der Waals surface area contributed by atoms with E-state index in [0.717, 1.165) is 27.0 Å². The predicted octanol–water partition coefficient (Wildman–Crippen LogP) is 6.23. The van der Waals surface area contributed by atoms with E-state index in [-0.39, 0.29) is 5.38 Å². The van der Waals surface area contributed by atoms with Crippen molar-refractivity contribution in [3.8, 4) is 0 Å². The molecule has 0 aliphatic rings. The molecule has 0 saturated carbocycles. The quantitative estimate of drug-likeness (QED) is 0.380. The lowest BCUT2D eigenvalue weighted by molar-refractivity contribution is 0.913. The molecule has 94 valence electrons. The van der Waals surface area contributed by atoms with Crippen LogP contribution < -0.4 is 0 Å². The van der Waals surface area contributed by atoms with E-state index >= 15 is 0 Å². The van der Waals surface area contributed by atoms with Gasteiger partial charge in [-0.3, -0.25) is 0 Å². The van der Waals surface area contributed by atoms with Crippen LogP contribution in [0.5, 0.6) is 0 Å². The molecule has 0 aliphatic heterocycles. The van der Waals surface area contributed by atoms with E-state index in [4.69, 9.17) is 23.2 Å². The highest BCUT2D eigenvalue weighted by Crippen LogP contribution is 2.31. The van der Waals surface area contributed by atoms with Gasteiger partial charge in [0.25, 0.3) is 0 Å². The Labute approximate surface area is 139 Å². The molecule has 0 aliphatic carbocycles. The molecule has 2 aromatic carbocycles. The second kappa shape index (κ2) is 6.60. The highest BCUT2D eigenvalue weighted by atomic mass is 127. The van der Waals surface area contributed by atoms with Crippen LogP contribution in [0.3, 0.4) is 0 Å². The molecule has 0 amide bonds. The molecule has 0 bridgehead atoms. The molecule has 0 spiro atoms. The number of hydrogen-bond donors (Lipinski definition) is 0. The van der Waals surface area contributed by atoms with Crippen molar-refractivity contribution in [2.45, 2.75) is 11.8 Å². The molecule has 0 aromatic heterocycles. The van der Waals surface area contributed by atoms with Crippen LogP contribution in [-0.2, 0) is 6.42 Å². The fraction of sp³-hybridized carbons (Fsp3) is 0.143. The molecular formula is C14H10BrCl2I. The van der Waals surface area contributed by atoms with Crippen molar-refractivity contribution in [2.24, 2.45) is 0 Å². The Kier molecular flexibility index (Phi) is 5.36. The molecule has 0 N–H and O–H groups in total. The maximum absolute atomic E-state index is 6.50. The topological polar surface area (TPSA) is 0 Å². The number of rotatable bonds is 3. The maximum Gasteiger partial charge on any atom is 0.0636 e. The minimum absolute atomic E-state index is 0.0483. The van der Waals surface area contributed by atoms with Gasteiger partial charge in [-0.25, -0.2) is 0 Å². The molecule has 2 aromatic rings. The van der Waals surface area contributed by atoms with Gasteiger partial charge in [0.05, 0.1) is 5.38 Å². The van der Waals surface area contributed by atoms with Crippen molar-refractivity contribution in [3.63, 3.8) is 0 Å². The molecule has 18 heavy (non-hydrogen) atoms. The molecule has 0 nitrogen and oxygen atoms in total. The van der Waals surface area contributed by atoms with Gasteiger partial charge < -0.3 is 0 Å². The Balaban J connectivity index is 2.21. The molecular weight excluding hydrogens is 446 g/mol. The van der Waals surface area contributed by atoms with Gasteiger partial charge in [-0.1, -0.05) is 39.7 Å². The standard InChI is InChI=1S/C14H10BrCl2I/c15-10-4-5-14(18)12(8-10)13(17)7-9-2-1-3-11(16)6-9/h1-6,8,13H,7H2. The van der Waals surface area contributed by atoms with Crippen molar-refractivity contribution in [2.75, 3.05) is 0 Å². The average molecular weight is 456 g/mol. The summed E-state index contributed by atoms with van der Waals surface area (Å²) in [6, 6.07) is 14.0. The smallest absolute Gasteiger partial charge is 0.0636 e. The van der Waals surface area contributed by atoms with Gasteiger partial charge >= 0.3 is 0 Å². The normalized spacial score (nSPS) is 12.4. The second-order valence-electron chi connectivity index (χ2n) is 3.97. The minimum atomic E-state index is -0.0483. The first-order valence-corrected chi connectivity index (χ1v) is 8.08. The Hall–Kier alpha value is 0.230. The number of alkyl halides is 1. The van der Waals surface area contributed by atoms with E-state index in [2.05, 4.69) is 50.7 Å². The Morgan fingerprint density at radius 1 is 1.17 bits per heavy atom. The summed E-state index contributed by atoms with van der Waals surface area (Å²) in [5, 5.41) is 0.702. The van der Waals surface area contributed by atoms with E-state index in [1.807, 2.05) is 30.3 Å². The van der Waals surface area contributed by atoms with Gasteiger partial charge in [0, 0.05) is 13.1 Å². The van der Waals surface area contributed by atoms with Gasteiger partial charge in [0.2, 0.25) is 0 Å². The van der Waals surface area contributed by atoms with Gasteiger partial charge in [-0.05, 0) is 70.5 Å². The first kappa shape index (κ1) is 14.6. The molecule has 0 heterocycles. The second-order valence-corrected chi connectivity index (χ2v) is 7.01. The largest absolute Gasteiger partial charge is 0.117 e. The highest BCUT2D eigenvalue weighted by Gasteiger charge is 2.13. The fourth-order valence-corrected chi connectivity index (χ4v) is 3.58. The lowest BCUT2D eigenvalue weighted by Gasteiger charge is -2.12. The van der Waals surface area contributed by atoms with Crippen LogP contribution in [0.15, 0.2) is 46.9 Å². The summed E-state index contributed by atoms with van der Waals surface area (Å²) in [4.78, 5) is 0. The predicted molar refractivity (Wildman–Crippen MR) is 90.6 cm³/mol. The summed E-state index contributed by atoms with van der Waals surface area (Å²) in [5.74, 6) is 0. The first-order valence-electron chi connectivity index (χ1n) is 5.40. The third-order valence-corrected chi connectivity index (χ3v) is 4.70. The molecule has 0 fully saturated rings. The van der Waals surface area contributed by atoms with E-state index in [9.17, 15) is 0 Å². The van der Waals surface area contributed by atoms with Gasteiger partial charge in [-0.15, -0.1) is 11.6 Å². The summed E-state index contributed by atoms with van der Waals surface area (Å²) >= 11 is 18.3. The SMILES string of the molecule is Clc1cccc(CC(Cl)c2cc(Br)ccc2I)c1. The maximum atomic E-state index is 6.50. The van der Waals surface area contributed by atoms with E-state index in [1.54, 1.807) is 0 Å². The summed E-state index contributed by atoms with van der Waals surface area (Å²) < 4.78 is 2.23. The molecule has 4 heteroatoms. The van der Waals surface area contributed by atoms with Crippen LogP contribution in [0.2, 0.25) is 5.02 Å². The van der Waals surface area contributed by atoms with Crippen molar-refractivity contribution < 1.29 is 0 Å². The van der Waals surface area contributed by atoms with Crippen LogP contribution in [-0.4, -0.2) is 0 Å². The van der Waals surface area contributed by atoms with Gasteiger partial charge in [0.15, 0.2) is 0 Å². The molecule has 1 unspecified atom stereocenters. The highest BCUT2D eigenvalue weighted by molar-refractivity contribution is 14.1. The average Bonchev–Trinajstić information content (AvgIpc) is 2.32. The lowest BCUT2D eigenvalue weighted by atomic mass is 10.0. The number of benzene rings is 2. The van der Waals surface area contributed by atoms with Crippen LogP contribution in [0.1, 0.15) is 16.5 Å². The number of hydrogen-bond acceptors (Lipinski definition) is 0. The zero-order valence-corrected chi connectivity index (χ0v) is 14.6. The summed E-state index contributed by atoms with van der Waals surface area (Å²) in [6.07, 6.45) is 0.772. The van der Waals surface area contributed by atoms with Crippen LogP contribution in [0.4, 0.5) is 0 Å². The molecule has 2 rings (SSSR count). The Morgan fingerprint density at radius 2 is 1.94 bits per heavy atom. The van der Waals surface area contributed by atoms with Crippen LogP contribution in [0.25, 0.3) is 0 Å². The zero-order valence-electron chi connectivity index (χ0n) is 9.34. The van der Waals surface area contributed by atoms with Crippen molar-refractivity contribution in [1.29, 1.82) is 0 Å². The van der Waals surface area contributed by atoms with Crippen LogP contribution >= 0.6 is 61.7 Å². The van der Waals surface area contributed by atoms with Crippen molar-refractivity contribution in [1.82, 2.24) is 0 Å². The van der Waals surface area contributed by atoms with E-state index < -0.39 is 0 Å². The van der Waals surface area contributed by atoms with Gasteiger partial charge in [0.1, 0.15) is 0 Å². The molecule has 0 saturated heterocycles. The van der Waals surface area contributed by atoms with Gasteiger partial charge in [-0.2, -0.15) is 0 Å². The van der Waals surface area contributed by atoms with Crippen LogP contribution in [0, 0.1) is 3.57 Å². The minimum Gasteiger partial charge on any atom is -0.117 e. The third kappa shape index (κ3) is 3.86. The number of halogens is 4. The first-order chi connectivity index (χ1) is 8.56. The Morgan fingerprint density at radius 3 is 2.67 bits per heavy atom. The molecule has 1 atom stereocenters. The monoisotopic (exact) mass is 454 g/mol. The third-order valence-electron chi connectivity index (χ3n) is 2.60. The Bertz CT molecular complexity index is 557. The van der Waals surface area contributed by atoms with E-state index in [0.29, 0.717) is 0 Å². The van der Waals surface area contributed by atoms with Crippen molar-refractivity contribution in [3.05, 3.63) is 66.7 Å². The fourth-order valence-electron chi connectivity index (χ4n) is 1.74. The summed E-state index contributed by atoms with van der Waals surface area (Å²) in [7, 11) is 0. The lowest BCUT2D eigenvalue weighted by Crippen LogP contribution is -1.98. The van der Waals surface area contributed by atoms with E-state index in [1.165, 1.54) is 3.57 Å². The summed E-state index contributed by atoms with van der Waals surface area (Å²) in [5.41, 5.74) is 2.30. The summed E-state index contributed by atoms with van der Waals surface area (Å²) in [6.45, 7) is 0. The molecule has 0 radical (unpaired) electrons.